The van der Waals surface area contributed by atoms with Crippen molar-refractivity contribution in [1.82, 2.24) is 14.8 Å². The Morgan fingerprint density at radius 3 is 2.41 bits per heavy atom. The summed E-state index contributed by atoms with van der Waals surface area (Å²) < 4.78 is 15.3. The van der Waals surface area contributed by atoms with Crippen LogP contribution in [-0.4, -0.2) is 32.2 Å². The Morgan fingerprint density at radius 2 is 1.70 bits per heavy atom. The van der Waals surface area contributed by atoms with Gasteiger partial charge in [-0.1, -0.05) is 71.9 Å². The van der Waals surface area contributed by atoms with Crippen molar-refractivity contribution >= 4 is 35.1 Å². The molecule has 1 aliphatic rings. The number of ketones is 1. The van der Waals surface area contributed by atoms with Crippen molar-refractivity contribution < 1.29 is 14.0 Å². The van der Waals surface area contributed by atoms with E-state index in [1.807, 2.05) is 37.3 Å². The van der Waals surface area contributed by atoms with Crippen LogP contribution in [0.15, 0.2) is 95.3 Å². The summed E-state index contributed by atoms with van der Waals surface area (Å²) in [5.41, 5.74) is 4.08. The van der Waals surface area contributed by atoms with Gasteiger partial charge in [0.05, 0.1) is 11.3 Å². The molecule has 2 N–H and O–H groups in total. The van der Waals surface area contributed by atoms with Gasteiger partial charge >= 0.3 is 0 Å². The zero-order valence-electron chi connectivity index (χ0n) is 20.2. The standard InChI is InChI=1S/C28H24FN5O2S/c1-17-8-10-19(11-9-17)23(35)16-37-28-32-27-30-18(2)24(26(36)31-22-6-4-3-5-7-22)25(34(27)33-28)20-12-14-21(29)15-13-20/h3-15,25H,16H2,1-2H3,(H,31,36)(H,30,32,33). The molecule has 1 amide bonds. The van der Waals surface area contributed by atoms with E-state index in [-0.39, 0.29) is 23.3 Å². The lowest BCUT2D eigenvalue weighted by Gasteiger charge is -2.28. The number of nitrogens with zero attached hydrogens (tertiary/aromatic N) is 3. The number of anilines is 2. The number of nitrogens with one attached hydrogen (secondary N) is 2. The molecule has 0 fully saturated rings. The first-order valence-corrected chi connectivity index (χ1v) is 12.7. The quantitative estimate of drug-likeness (QED) is 0.246. The number of hydrogen-bond donors (Lipinski definition) is 2. The lowest BCUT2D eigenvalue weighted by molar-refractivity contribution is -0.113. The van der Waals surface area contributed by atoms with E-state index >= 15 is 0 Å². The highest BCUT2D eigenvalue weighted by Gasteiger charge is 2.34. The molecule has 0 aliphatic carbocycles. The van der Waals surface area contributed by atoms with Crippen LogP contribution in [0.2, 0.25) is 0 Å². The summed E-state index contributed by atoms with van der Waals surface area (Å²) in [6.45, 7) is 3.76. The second-order valence-corrected chi connectivity index (χ2v) is 9.62. The molecule has 4 aromatic rings. The molecular weight excluding hydrogens is 489 g/mol. The molecule has 0 radical (unpaired) electrons. The van der Waals surface area contributed by atoms with Gasteiger partial charge in [-0.15, -0.1) is 5.10 Å². The molecule has 0 saturated heterocycles. The number of Topliss-reactive ketones (excluding diaryl/α,β-unsaturated/α-hetero) is 1. The fraction of sp³-hybridized carbons (Fsp3) is 0.143. The summed E-state index contributed by atoms with van der Waals surface area (Å²) in [5, 5.41) is 11.1. The van der Waals surface area contributed by atoms with Gasteiger partial charge in [0.1, 0.15) is 11.9 Å². The Bertz CT molecular complexity index is 1480. The fourth-order valence-electron chi connectivity index (χ4n) is 4.11. The molecule has 1 aromatic heterocycles. The normalized spacial score (nSPS) is 14.6. The highest BCUT2D eigenvalue weighted by molar-refractivity contribution is 7.99. The van der Waals surface area contributed by atoms with Gasteiger partial charge in [-0.25, -0.2) is 9.07 Å². The summed E-state index contributed by atoms with van der Waals surface area (Å²) in [7, 11) is 0. The maximum Gasteiger partial charge on any atom is 0.255 e. The van der Waals surface area contributed by atoms with Crippen LogP contribution in [0.5, 0.6) is 0 Å². The highest BCUT2D eigenvalue weighted by Crippen LogP contribution is 2.36. The van der Waals surface area contributed by atoms with Crippen LogP contribution in [-0.2, 0) is 4.79 Å². The Labute approximate surface area is 217 Å². The molecule has 0 spiro atoms. The first-order valence-electron chi connectivity index (χ1n) is 11.7. The highest BCUT2D eigenvalue weighted by atomic mass is 32.2. The summed E-state index contributed by atoms with van der Waals surface area (Å²) in [5.74, 6) is -0.109. The third-order valence-electron chi connectivity index (χ3n) is 6.00. The minimum absolute atomic E-state index is 0.0296. The third-order valence-corrected chi connectivity index (χ3v) is 6.84. The monoisotopic (exact) mass is 513 g/mol. The van der Waals surface area contributed by atoms with Crippen molar-refractivity contribution in [3.05, 3.63) is 113 Å². The number of para-hydroxylation sites is 1. The number of thioether (sulfide) groups is 1. The fourth-order valence-corrected chi connectivity index (χ4v) is 4.84. The largest absolute Gasteiger partial charge is 0.328 e. The Kier molecular flexibility index (Phi) is 6.87. The second kappa shape index (κ2) is 10.4. The van der Waals surface area contributed by atoms with Crippen LogP contribution in [0.4, 0.5) is 16.0 Å². The van der Waals surface area contributed by atoms with Crippen LogP contribution >= 0.6 is 11.8 Å². The molecule has 3 aromatic carbocycles. The van der Waals surface area contributed by atoms with Crippen molar-refractivity contribution in [3.8, 4) is 0 Å². The Hall–Kier alpha value is -4.24. The van der Waals surface area contributed by atoms with E-state index in [4.69, 9.17) is 0 Å². The Balaban J connectivity index is 1.44. The second-order valence-electron chi connectivity index (χ2n) is 8.68. The average molecular weight is 514 g/mol. The number of rotatable bonds is 7. The van der Waals surface area contributed by atoms with Gasteiger partial charge in [-0.2, -0.15) is 4.98 Å². The van der Waals surface area contributed by atoms with Gasteiger partial charge in [-0.05, 0) is 43.7 Å². The van der Waals surface area contributed by atoms with E-state index < -0.39 is 6.04 Å². The number of amides is 1. The molecule has 7 nitrogen and oxygen atoms in total. The third kappa shape index (κ3) is 5.31. The zero-order valence-corrected chi connectivity index (χ0v) is 21.1. The van der Waals surface area contributed by atoms with E-state index in [1.54, 1.807) is 48.0 Å². The lowest BCUT2D eigenvalue weighted by Crippen LogP contribution is -2.31. The van der Waals surface area contributed by atoms with Crippen molar-refractivity contribution in [2.24, 2.45) is 0 Å². The van der Waals surface area contributed by atoms with Crippen molar-refractivity contribution in [1.29, 1.82) is 0 Å². The molecule has 0 bridgehead atoms. The van der Waals surface area contributed by atoms with Crippen LogP contribution in [0, 0.1) is 12.7 Å². The van der Waals surface area contributed by atoms with Crippen LogP contribution < -0.4 is 10.6 Å². The van der Waals surface area contributed by atoms with Gasteiger partial charge in [0.15, 0.2) is 5.78 Å². The van der Waals surface area contributed by atoms with E-state index in [0.29, 0.717) is 39.2 Å². The van der Waals surface area contributed by atoms with Crippen LogP contribution in [0.1, 0.15) is 34.5 Å². The first-order chi connectivity index (χ1) is 17.9. The predicted molar refractivity (Wildman–Crippen MR) is 142 cm³/mol. The van der Waals surface area contributed by atoms with Crippen molar-refractivity contribution in [2.75, 3.05) is 16.4 Å². The van der Waals surface area contributed by atoms with Gasteiger partial charge < -0.3 is 10.6 Å². The molecule has 1 unspecified atom stereocenters. The number of aryl methyl sites for hydroxylation is 1. The molecule has 0 saturated carbocycles. The molecule has 5 rings (SSSR count). The molecular formula is C28H24FN5O2S. The number of carbonyl (C=O) groups excluding carboxylic acids is 2. The molecule has 9 heteroatoms. The summed E-state index contributed by atoms with van der Waals surface area (Å²) in [4.78, 5) is 30.7. The van der Waals surface area contributed by atoms with Gasteiger partial charge in [0.25, 0.3) is 5.91 Å². The minimum Gasteiger partial charge on any atom is -0.328 e. The number of benzene rings is 3. The van der Waals surface area contributed by atoms with E-state index in [9.17, 15) is 14.0 Å². The summed E-state index contributed by atoms with van der Waals surface area (Å²) >= 11 is 1.22. The number of carbonyl (C=O) groups is 2. The summed E-state index contributed by atoms with van der Waals surface area (Å²) in [6.07, 6.45) is 0. The lowest BCUT2D eigenvalue weighted by atomic mass is 9.95. The maximum absolute atomic E-state index is 13.7. The number of fused-ring (bicyclic) bond motifs is 1. The number of allylic oxidation sites excluding steroid dienone is 1. The minimum atomic E-state index is -0.643. The van der Waals surface area contributed by atoms with E-state index in [0.717, 1.165) is 5.56 Å². The molecule has 37 heavy (non-hydrogen) atoms. The zero-order chi connectivity index (χ0) is 25.9. The smallest absolute Gasteiger partial charge is 0.255 e. The van der Waals surface area contributed by atoms with E-state index in [1.165, 1.54) is 23.9 Å². The molecule has 186 valence electrons. The first kappa shape index (κ1) is 24.5. The van der Waals surface area contributed by atoms with Crippen LogP contribution in [0.25, 0.3) is 0 Å². The number of halogens is 1. The number of aromatic nitrogens is 3. The van der Waals surface area contributed by atoms with E-state index in [2.05, 4.69) is 20.7 Å². The van der Waals surface area contributed by atoms with Gasteiger partial charge in [-0.3, -0.25) is 9.59 Å². The van der Waals surface area contributed by atoms with Gasteiger partial charge in [0.2, 0.25) is 11.1 Å². The van der Waals surface area contributed by atoms with Crippen LogP contribution in [0.3, 0.4) is 0 Å². The maximum atomic E-state index is 13.7. The average Bonchev–Trinajstić information content (AvgIpc) is 3.30. The van der Waals surface area contributed by atoms with Crippen molar-refractivity contribution in [2.45, 2.75) is 25.0 Å². The summed E-state index contributed by atoms with van der Waals surface area (Å²) in [6, 6.07) is 21.9. The SMILES string of the molecule is CC1=C(C(=O)Nc2ccccc2)C(c2ccc(F)cc2)n2nc(SCC(=O)c3ccc(C)cc3)nc2N1. The predicted octanol–water partition coefficient (Wildman–Crippen LogP) is 5.63. The van der Waals surface area contributed by atoms with Gasteiger partial charge in [0, 0.05) is 16.9 Å². The molecule has 1 aliphatic heterocycles. The topological polar surface area (TPSA) is 88.9 Å². The molecule has 1 atom stereocenters. The Morgan fingerprint density at radius 1 is 1.00 bits per heavy atom. The number of hydrogen-bond acceptors (Lipinski definition) is 6. The molecule has 2 heterocycles. The van der Waals surface area contributed by atoms with Crippen molar-refractivity contribution in [3.63, 3.8) is 0 Å².